The van der Waals surface area contributed by atoms with Gasteiger partial charge in [-0.25, -0.2) is 4.39 Å². The van der Waals surface area contributed by atoms with Crippen LogP contribution in [0.3, 0.4) is 0 Å². The Kier molecular flexibility index (Phi) is 7.15. The molecule has 6 heteroatoms. The summed E-state index contributed by atoms with van der Waals surface area (Å²) in [5, 5.41) is 2.97. The summed E-state index contributed by atoms with van der Waals surface area (Å²) in [6, 6.07) is 6.21. The van der Waals surface area contributed by atoms with E-state index in [2.05, 4.69) is 15.1 Å². The number of carbonyl (C=O) groups is 1. The Labute approximate surface area is 143 Å². The Hall–Kier alpha value is -1.50. The molecule has 1 aliphatic heterocycles. The molecule has 1 aliphatic rings. The second kappa shape index (κ2) is 9.11. The van der Waals surface area contributed by atoms with Crippen LogP contribution in [0.25, 0.3) is 0 Å². The van der Waals surface area contributed by atoms with E-state index in [4.69, 9.17) is 4.74 Å². The summed E-state index contributed by atoms with van der Waals surface area (Å²) >= 11 is 0. The van der Waals surface area contributed by atoms with Crippen molar-refractivity contribution in [3.05, 3.63) is 35.6 Å². The largest absolute Gasteiger partial charge is 0.374 e. The third-order valence-corrected chi connectivity index (χ3v) is 4.29. The third-order valence-electron chi connectivity index (χ3n) is 4.29. The van der Waals surface area contributed by atoms with Crippen LogP contribution in [0.1, 0.15) is 12.5 Å². The highest BCUT2D eigenvalue weighted by Crippen LogP contribution is 2.10. The van der Waals surface area contributed by atoms with Crippen molar-refractivity contribution >= 4 is 5.91 Å². The number of likely N-dealkylation sites (N-methyl/N-ethyl adjacent to an activating group) is 1. The van der Waals surface area contributed by atoms with E-state index in [-0.39, 0.29) is 23.9 Å². The van der Waals surface area contributed by atoms with Gasteiger partial charge in [0.05, 0.1) is 18.8 Å². The second-order valence-electron chi connectivity index (χ2n) is 6.59. The molecule has 1 aromatic rings. The molecule has 0 radical (unpaired) electrons. The number of morpholine rings is 1. The van der Waals surface area contributed by atoms with E-state index in [1.54, 1.807) is 12.1 Å². The first-order valence-corrected chi connectivity index (χ1v) is 8.48. The lowest BCUT2D eigenvalue weighted by Crippen LogP contribution is -2.54. The Bertz CT molecular complexity index is 522. The van der Waals surface area contributed by atoms with Crippen molar-refractivity contribution in [2.24, 2.45) is 0 Å². The molecular weight excluding hydrogens is 309 g/mol. The fourth-order valence-electron chi connectivity index (χ4n) is 2.91. The quantitative estimate of drug-likeness (QED) is 0.810. The molecule has 0 bridgehead atoms. The topological polar surface area (TPSA) is 44.8 Å². The molecule has 5 nitrogen and oxygen atoms in total. The maximum absolute atomic E-state index is 12.9. The van der Waals surface area contributed by atoms with Gasteiger partial charge >= 0.3 is 0 Å². The average molecular weight is 337 g/mol. The SMILES string of the molecule is CC(C(=O)NCCc1ccc(F)cc1)N1CCOC(CN(C)C)C1. The average Bonchev–Trinajstić information content (AvgIpc) is 2.55. The van der Waals surface area contributed by atoms with Crippen LogP contribution in [-0.2, 0) is 16.0 Å². The summed E-state index contributed by atoms with van der Waals surface area (Å²) in [5.74, 6) is -0.210. The number of amides is 1. The fraction of sp³-hybridized carbons (Fsp3) is 0.611. The van der Waals surface area contributed by atoms with Gasteiger partial charge in [-0.2, -0.15) is 0 Å². The van der Waals surface area contributed by atoms with Crippen molar-refractivity contribution in [1.29, 1.82) is 0 Å². The van der Waals surface area contributed by atoms with Crippen molar-refractivity contribution in [3.8, 4) is 0 Å². The van der Waals surface area contributed by atoms with Gasteiger partial charge in [-0.1, -0.05) is 12.1 Å². The van der Waals surface area contributed by atoms with E-state index < -0.39 is 0 Å². The molecule has 1 N–H and O–H groups in total. The molecule has 2 unspecified atom stereocenters. The van der Waals surface area contributed by atoms with Crippen molar-refractivity contribution in [2.45, 2.75) is 25.5 Å². The van der Waals surface area contributed by atoms with Gasteiger partial charge in [0.25, 0.3) is 0 Å². The van der Waals surface area contributed by atoms with Crippen LogP contribution in [-0.4, -0.2) is 74.7 Å². The van der Waals surface area contributed by atoms with Gasteiger partial charge in [0.1, 0.15) is 5.82 Å². The first-order chi connectivity index (χ1) is 11.5. The molecule has 0 spiro atoms. The minimum absolute atomic E-state index is 0.0302. The molecule has 1 heterocycles. The standard InChI is InChI=1S/C18H28FN3O2/c1-14(22-10-11-24-17(13-22)12-21(2)3)18(23)20-9-8-15-4-6-16(19)7-5-15/h4-7,14,17H,8-13H2,1-3H3,(H,20,23). The van der Waals surface area contributed by atoms with E-state index in [1.165, 1.54) is 12.1 Å². The molecular formula is C18H28FN3O2. The number of rotatable bonds is 7. The van der Waals surface area contributed by atoms with Crippen molar-refractivity contribution in [3.63, 3.8) is 0 Å². The summed E-state index contributed by atoms with van der Waals surface area (Å²) in [7, 11) is 4.04. The number of hydrogen-bond acceptors (Lipinski definition) is 4. The second-order valence-corrected chi connectivity index (χ2v) is 6.59. The molecule has 2 atom stereocenters. The predicted molar refractivity (Wildman–Crippen MR) is 92.4 cm³/mol. The van der Waals surface area contributed by atoms with Crippen LogP contribution in [0.4, 0.5) is 4.39 Å². The van der Waals surface area contributed by atoms with E-state index in [0.29, 0.717) is 19.6 Å². The number of nitrogens with one attached hydrogen (secondary N) is 1. The zero-order chi connectivity index (χ0) is 17.5. The predicted octanol–water partition coefficient (Wildman–Crippen LogP) is 1.14. The lowest BCUT2D eigenvalue weighted by Gasteiger charge is -2.37. The Balaban J connectivity index is 1.75. The summed E-state index contributed by atoms with van der Waals surface area (Å²) in [5.41, 5.74) is 1.02. The van der Waals surface area contributed by atoms with Crippen molar-refractivity contribution in [1.82, 2.24) is 15.1 Å². The highest BCUT2D eigenvalue weighted by atomic mass is 19.1. The van der Waals surface area contributed by atoms with Crippen molar-refractivity contribution in [2.75, 3.05) is 46.9 Å². The van der Waals surface area contributed by atoms with E-state index in [9.17, 15) is 9.18 Å². The molecule has 1 fully saturated rings. The van der Waals surface area contributed by atoms with Gasteiger partial charge in [-0.3, -0.25) is 9.69 Å². The zero-order valence-electron chi connectivity index (χ0n) is 14.8. The van der Waals surface area contributed by atoms with Gasteiger partial charge in [-0.15, -0.1) is 0 Å². The Morgan fingerprint density at radius 1 is 1.42 bits per heavy atom. The number of hydrogen-bond donors (Lipinski definition) is 1. The molecule has 1 saturated heterocycles. The Morgan fingerprint density at radius 3 is 2.79 bits per heavy atom. The molecule has 0 saturated carbocycles. The summed E-state index contributed by atoms with van der Waals surface area (Å²) < 4.78 is 18.6. The van der Waals surface area contributed by atoms with Gasteiger partial charge in [-0.05, 0) is 45.1 Å². The van der Waals surface area contributed by atoms with Crippen LogP contribution in [0.5, 0.6) is 0 Å². The Morgan fingerprint density at radius 2 is 2.12 bits per heavy atom. The number of benzene rings is 1. The highest BCUT2D eigenvalue weighted by Gasteiger charge is 2.27. The zero-order valence-corrected chi connectivity index (χ0v) is 14.8. The maximum Gasteiger partial charge on any atom is 0.237 e. The molecule has 2 rings (SSSR count). The van der Waals surface area contributed by atoms with E-state index >= 15 is 0 Å². The van der Waals surface area contributed by atoms with Gasteiger partial charge in [0, 0.05) is 26.2 Å². The minimum atomic E-state index is -0.240. The van der Waals surface area contributed by atoms with Crippen LogP contribution >= 0.6 is 0 Å². The number of nitrogens with zero attached hydrogens (tertiary/aromatic N) is 2. The molecule has 1 amide bonds. The highest BCUT2D eigenvalue weighted by molar-refractivity contribution is 5.81. The van der Waals surface area contributed by atoms with E-state index in [0.717, 1.165) is 25.2 Å². The summed E-state index contributed by atoms with van der Waals surface area (Å²) in [6.45, 7) is 5.55. The fourth-order valence-corrected chi connectivity index (χ4v) is 2.91. The molecule has 24 heavy (non-hydrogen) atoms. The summed E-state index contributed by atoms with van der Waals surface area (Å²) in [6.07, 6.45) is 0.841. The van der Waals surface area contributed by atoms with Gasteiger partial charge < -0.3 is 15.0 Å². The lowest BCUT2D eigenvalue weighted by molar-refractivity contribution is -0.129. The van der Waals surface area contributed by atoms with Gasteiger partial charge in [0.2, 0.25) is 5.91 Å². The number of ether oxygens (including phenoxy) is 1. The van der Waals surface area contributed by atoms with E-state index in [1.807, 2.05) is 21.0 Å². The van der Waals surface area contributed by atoms with Crippen LogP contribution < -0.4 is 5.32 Å². The molecule has 134 valence electrons. The van der Waals surface area contributed by atoms with Gasteiger partial charge in [0.15, 0.2) is 0 Å². The first kappa shape index (κ1) is 18.8. The molecule has 1 aromatic carbocycles. The normalized spacial score (nSPS) is 20.1. The molecule has 0 aromatic heterocycles. The first-order valence-electron chi connectivity index (χ1n) is 8.48. The maximum atomic E-state index is 12.9. The van der Waals surface area contributed by atoms with Crippen LogP contribution in [0.15, 0.2) is 24.3 Å². The summed E-state index contributed by atoms with van der Waals surface area (Å²) in [4.78, 5) is 16.6. The number of halogens is 1. The molecule has 0 aliphatic carbocycles. The lowest BCUT2D eigenvalue weighted by atomic mass is 10.1. The van der Waals surface area contributed by atoms with Crippen LogP contribution in [0.2, 0.25) is 0 Å². The monoisotopic (exact) mass is 337 g/mol. The van der Waals surface area contributed by atoms with Crippen molar-refractivity contribution < 1.29 is 13.9 Å². The smallest absolute Gasteiger partial charge is 0.237 e. The third kappa shape index (κ3) is 5.85. The number of carbonyl (C=O) groups excluding carboxylic acids is 1. The van der Waals surface area contributed by atoms with Crippen LogP contribution in [0, 0.1) is 5.82 Å². The minimum Gasteiger partial charge on any atom is -0.374 e.